The summed E-state index contributed by atoms with van der Waals surface area (Å²) < 4.78 is 2.63. The van der Waals surface area contributed by atoms with E-state index in [1.807, 2.05) is 17.5 Å². The first-order valence-electron chi connectivity index (χ1n) is 13.2. The molecule has 39 heavy (non-hydrogen) atoms. The van der Waals surface area contributed by atoms with Crippen molar-refractivity contribution in [2.45, 2.75) is 0 Å². The number of benzene rings is 6. The third-order valence-corrected chi connectivity index (χ3v) is 8.86. The van der Waals surface area contributed by atoms with Crippen LogP contribution in [0.4, 0.5) is 0 Å². The Morgan fingerprint density at radius 3 is 1.67 bits per heavy atom. The van der Waals surface area contributed by atoms with E-state index in [9.17, 15) is 0 Å². The fourth-order valence-electron chi connectivity index (χ4n) is 6.04. The molecule has 1 nitrogen and oxygen atoms in total. The number of thiophene rings is 1. The number of hydrogen-bond acceptors (Lipinski definition) is 2. The Kier molecular flexibility index (Phi) is 5.07. The molecular weight excluding hydrogens is 490 g/mol. The molecule has 6 aromatic carbocycles. The summed E-state index contributed by atoms with van der Waals surface area (Å²) in [6, 6.07) is 47.9. The van der Waals surface area contributed by atoms with Gasteiger partial charge in [-0.3, -0.25) is 4.98 Å². The summed E-state index contributed by atoms with van der Waals surface area (Å²) in [5.74, 6) is 0. The normalized spacial score (nSPS) is 11.6. The van der Waals surface area contributed by atoms with Crippen molar-refractivity contribution >= 4 is 53.1 Å². The molecule has 8 aromatic rings. The van der Waals surface area contributed by atoms with Crippen molar-refractivity contribution < 1.29 is 0 Å². The van der Waals surface area contributed by atoms with Crippen LogP contribution in [0.5, 0.6) is 0 Å². The number of fused-ring (bicyclic) bond motifs is 5. The van der Waals surface area contributed by atoms with Gasteiger partial charge in [-0.25, -0.2) is 0 Å². The van der Waals surface area contributed by atoms with Crippen molar-refractivity contribution in [3.8, 4) is 33.5 Å². The fourth-order valence-corrected chi connectivity index (χ4v) is 7.17. The molecule has 0 atom stereocenters. The van der Waals surface area contributed by atoms with Crippen LogP contribution in [0.3, 0.4) is 0 Å². The Balaban J connectivity index is 1.36. The van der Waals surface area contributed by atoms with Crippen LogP contribution < -0.4 is 0 Å². The first-order valence-corrected chi connectivity index (χ1v) is 14.0. The molecule has 0 spiro atoms. The molecule has 2 heteroatoms. The summed E-state index contributed by atoms with van der Waals surface area (Å²) in [6.07, 6.45) is 2.05. The molecular formula is C37H23NS. The molecule has 0 fully saturated rings. The number of nitrogens with zero attached hydrogens (tertiary/aromatic N) is 1. The quantitative estimate of drug-likeness (QED) is 0.214. The lowest BCUT2D eigenvalue weighted by molar-refractivity contribution is 1.34. The lowest BCUT2D eigenvalue weighted by atomic mass is 9.87. The standard InChI is InChI=1S/C37H23NS/c1-2-11-24(12-3-1)35-27-13-4-6-15-29(27)36(30-16-7-5-14-28(30)35)32-22-21-25(23-38-32)26-18-10-20-34-37(26)31-17-8-9-19-33(31)39-34/h1-23H. The highest BCUT2D eigenvalue weighted by Gasteiger charge is 2.17. The molecule has 0 aliphatic heterocycles. The van der Waals surface area contributed by atoms with Crippen molar-refractivity contribution in [2.24, 2.45) is 0 Å². The monoisotopic (exact) mass is 513 g/mol. The van der Waals surface area contributed by atoms with E-state index in [0.29, 0.717) is 0 Å². The van der Waals surface area contributed by atoms with E-state index in [0.717, 1.165) is 11.3 Å². The van der Waals surface area contributed by atoms with Crippen molar-refractivity contribution in [1.29, 1.82) is 0 Å². The van der Waals surface area contributed by atoms with E-state index in [1.165, 1.54) is 64.0 Å². The molecule has 0 saturated heterocycles. The zero-order valence-corrected chi connectivity index (χ0v) is 22.0. The molecule has 2 heterocycles. The van der Waals surface area contributed by atoms with Gasteiger partial charge in [0, 0.05) is 37.5 Å². The lowest BCUT2D eigenvalue weighted by Gasteiger charge is -2.17. The predicted octanol–water partition coefficient (Wildman–Crippen LogP) is 10.8. The maximum Gasteiger partial charge on any atom is 0.0714 e. The highest BCUT2D eigenvalue weighted by molar-refractivity contribution is 7.25. The van der Waals surface area contributed by atoms with Crippen LogP contribution in [-0.4, -0.2) is 4.98 Å². The SMILES string of the molecule is c1ccc(-c2c3ccccc3c(-c3ccc(-c4cccc5sc6ccccc6c45)cn3)c3ccccc23)cc1. The Bertz CT molecular complexity index is 2100. The third-order valence-electron chi connectivity index (χ3n) is 7.73. The molecule has 0 radical (unpaired) electrons. The Morgan fingerprint density at radius 1 is 0.410 bits per heavy atom. The van der Waals surface area contributed by atoms with E-state index < -0.39 is 0 Å². The molecule has 0 saturated carbocycles. The van der Waals surface area contributed by atoms with Crippen LogP contribution in [-0.2, 0) is 0 Å². The average Bonchev–Trinajstić information content (AvgIpc) is 3.39. The predicted molar refractivity (Wildman–Crippen MR) is 168 cm³/mol. The number of pyridine rings is 1. The smallest absolute Gasteiger partial charge is 0.0714 e. The van der Waals surface area contributed by atoms with Gasteiger partial charge in [-0.05, 0) is 56.4 Å². The summed E-state index contributed by atoms with van der Waals surface area (Å²) in [7, 11) is 0. The minimum atomic E-state index is 0.994. The number of hydrogen-bond donors (Lipinski definition) is 0. The van der Waals surface area contributed by atoms with Crippen molar-refractivity contribution in [3.05, 3.63) is 140 Å². The van der Waals surface area contributed by atoms with Crippen LogP contribution in [0.1, 0.15) is 0 Å². The molecule has 0 N–H and O–H groups in total. The van der Waals surface area contributed by atoms with Crippen molar-refractivity contribution in [1.82, 2.24) is 4.98 Å². The van der Waals surface area contributed by atoms with Crippen molar-refractivity contribution in [2.75, 3.05) is 0 Å². The summed E-state index contributed by atoms with van der Waals surface area (Å²) >= 11 is 1.85. The maximum atomic E-state index is 5.10. The topological polar surface area (TPSA) is 12.9 Å². The average molecular weight is 514 g/mol. The summed E-state index contributed by atoms with van der Waals surface area (Å²) in [5.41, 5.74) is 7.06. The minimum absolute atomic E-state index is 0.994. The molecule has 0 aliphatic rings. The van der Waals surface area contributed by atoms with Crippen LogP contribution in [0, 0.1) is 0 Å². The van der Waals surface area contributed by atoms with E-state index in [2.05, 4.69) is 133 Å². The van der Waals surface area contributed by atoms with Crippen LogP contribution in [0.15, 0.2) is 140 Å². The number of rotatable bonds is 3. The second kappa shape index (κ2) is 8.90. The molecule has 0 unspecified atom stereocenters. The zero-order chi connectivity index (χ0) is 25.8. The lowest BCUT2D eigenvalue weighted by Crippen LogP contribution is -1.92. The zero-order valence-electron chi connectivity index (χ0n) is 21.1. The second-order valence-corrected chi connectivity index (χ2v) is 11.0. The summed E-state index contributed by atoms with van der Waals surface area (Å²) in [4.78, 5) is 5.10. The number of aromatic nitrogens is 1. The van der Waals surface area contributed by atoms with Crippen LogP contribution in [0.25, 0.3) is 75.2 Å². The Morgan fingerprint density at radius 2 is 1.00 bits per heavy atom. The van der Waals surface area contributed by atoms with Gasteiger partial charge in [0.05, 0.1) is 5.69 Å². The molecule has 182 valence electrons. The van der Waals surface area contributed by atoms with Crippen LogP contribution in [0.2, 0.25) is 0 Å². The first-order chi connectivity index (χ1) is 19.4. The second-order valence-electron chi connectivity index (χ2n) is 9.92. The molecule has 2 aromatic heterocycles. The Labute approximate surface area is 230 Å². The first kappa shape index (κ1) is 22.2. The van der Waals surface area contributed by atoms with Gasteiger partial charge in [-0.15, -0.1) is 11.3 Å². The highest BCUT2D eigenvalue weighted by Crippen LogP contribution is 2.44. The fraction of sp³-hybridized carbons (Fsp3) is 0. The molecule has 8 rings (SSSR count). The third kappa shape index (κ3) is 3.49. The van der Waals surface area contributed by atoms with Gasteiger partial charge in [0.2, 0.25) is 0 Å². The van der Waals surface area contributed by atoms with E-state index in [-0.39, 0.29) is 0 Å². The maximum absolute atomic E-state index is 5.10. The highest BCUT2D eigenvalue weighted by atomic mass is 32.1. The van der Waals surface area contributed by atoms with Gasteiger partial charge in [-0.2, -0.15) is 0 Å². The van der Waals surface area contributed by atoms with Gasteiger partial charge in [0.1, 0.15) is 0 Å². The van der Waals surface area contributed by atoms with Gasteiger partial charge in [0.15, 0.2) is 0 Å². The van der Waals surface area contributed by atoms with Crippen LogP contribution >= 0.6 is 11.3 Å². The van der Waals surface area contributed by atoms with E-state index in [4.69, 9.17) is 4.98 Å². The molecule has 0 aliphatic carbocycles. The Hall–Kier alpha value is -4.79. The molecule has 0 amide bonds. The van der Waals surface area contributed by atoms with Gasteiger partial charge < -0.3 is 0 Å². The molecule has 0 bridgehead atoms. The summed E-state index contributed by atoms with van der Waals surface area (Å²) in [6.45, 7) is 0. The van der Waals surface area contributed by atoms with Gasteiger partial charge in [-0.1, -0.05) is 115 Å². The van der Waals surface area contributed by atoms with E-state index in [1.54, 1.807) is 0 Å². The van der Waals surface area contributed by atoms with Crippen molar-refractivity contribution in [3.63, 3.8) is 0 Å². The largest absolute Gasteiger partial charge is 0.256 e. The van der Waals surface area contributed by atoms with Gasteiger partial charge in [0.25, 0.3) is 0 Å². The van der Waals surface area contributed by atoms with Gasteiger partial charge >= 0.3 is 0 Å². The summed E-state index contributed by atoms with van der Waals surface area (Å²) in [5, 5.41) is 7.57. The minimum Gasteiger partial charge on any atom is -0.256 e. The van der Waals surface area contributed by atoms with E-state index >= 15 is 0 Å².